The van der Waals surface area contributed by atoms with Crippen molar-refractivity contribution in [2.45, 2.75) is 4.90 Å². The predicted octanol–water partition coefficient (Wildman–Crippen LogP) is 5.84. The van der Waals surface area contributed by atoms with Crippen molar-refractivity contribution in [2.24, 2.45) is 0 Å². The van der Waals surface area contributed by atoms with E-state index in [1.165, 1.54) is 0 Å². The second kappa shape index (κ2) is 8.72. The van der Waals surface area contributed by atoms with Crippen LogP contribution in [0.5, 0.6) is 0 Å². The number of para-hydroxylation sites is 1. The minimum atomic E-state index is -3.63. The number of aromatic nitrogens is 2. The lowest BCUT2D eigenvalue weighted by molar-refractivity contribution is 0.601. The molecule has 7 heteroatoms. The number of hydrogen-bond donors (Lipinski definition) is 2. The molecular formula is C26H20N4O2S. The molecule has 0 atom stereocenters. The summed E-state index contributed by atoms with van der Waals surface area (Å²) in [6.45, 7) is 0. The number of nitrogens with zero attached hydrogens (tertiary/aromatic N) is 2. The monoisotopic (exact) mass is 452 g/mol. The Morgan fingerprint density at radius 2 is 1.30 bits per heavy atom. The fourth-order valence-electron chi connectivity index (χ4n) is 3.54. The third kappa shape index (κ3) is 4.53. The maximum absolute atomic E-state index is 12.6. The average molecular weight is 453 g/mol. The van der Waals surface area contributed by atoms with Gasteiger partial charge >= 0.3 is 0 Å². The van der Waals surface area contributed by atoms with Crippen molar-refractivity contribution in [3.63, 3.8) is 0 Å². The first-order valence-electron chi connectivity index (χ1n) is 10.3. The Balaban J connectivity index is 1.43. The van der Waals surface area contributed by atoms with Crippen molar-refractivity contribution in [1.29, 1.82) is 0 Å². The zero-order valence-corrected chi connectivity index (χ0v) is 18.3. The molecule has 1 heterocycles. The maximum atomic E-state index is 12.6. The second-order valence-corrected chi connectivity index (χ2v) is 9.12. The van der Waals surface area contributed by atoms with Gasteiger partial charge in [-0.25, -0.2) is 18.4 Å². The Bertz CT molecular complexity index is 1510. The summed E-state index contributed by atoms with van der Waals surface area (Å²) < 4.78 is 27.7. The van der Waals surface area contributed by atoms with Crippen LogP contribution in [0.15, 0.2) is 114 Å². The van der Waals surface area contributed by atoms with E-state index in [0.717, 1.165) is 33.5 Å². The Hall–Kier alpha value is -4.23. The number of anilines is 3. The number of fused-ring (bicyclic) bond motifs is 1. The van der Waals surface area contributed by atoms with Gasteiger partial charge in [-0.05, 0) is 59.7 Å². The van der Waals surface area contributed by atoms with E-state index in [-0.39, 0.29) is 4.90 Å². The van der Waals surface area contributed by atoms with Gasteiger partial charge in [-0.15, -0.1) is 0 Å². The lowest BCUT2D eigenvalue weighted by Crippen LogP contribution is -2.12. The molecule has 0 saturated heterocycles. The lowest BCUT2D eigenvalue weighted by atomic mass is 10.0. The van der Waals surface area contributed by atoms with Crippen LogP contribution in [-0.4, -0.2) is 18.4 Å². The highest BCUT2D eigenvalue weighted by Gasteiger charge is 2.13. The molecule has 4 aromatic carbocycles. The molecule has 1 aromatic heterocycles. The summed E-state index contributed by atoms with van der Waals surface area (Å²) in [4.78, 5) is 9.02. The van der Waals surface area contributed by atoms with Crippen molar-refractivity contribution in [3.05, 3.63) is 109 Å². The Kier molecular flexibility index (Phi) is 5.46. The van der Waals surface area contributed by atoms with Crippen molar-refractivity contribution < 1.29 is 8.42 Å². The van der Waals surface area contributed by atoms with Gasteiger partial charge in [0.2, 0.25) is 0 Å². The maximum Gasteiger partial charge on any atom is 0.261 e. The summed E-state index contributed by atoms with van der Waals surface area (Å²) in [5.41, 5.74) is 4.20. The normalized spacial score (nSPS) is 11.3. The number of sulfonamides is 1. The first kappa shape index (κ1) is 20.7. The van der Waals surface area contributed by atoms with Crippen LogP contribution in [-0.2, 0) is 10.0 Å². The molecule has 162 valence electrons. The van der Waals surface area contributed by atoms with Crippen LogP contribution in [0.1, 0.15) is 0 Å². The summed E-state index contributed by atoms with van der Waals surface area (Å²) >= 11 is 0. The van der Waals surface area contributed by atoms with Crippen LogP contribution in [0.25, 0.3) is 22.0 Å². The summed E-state index contributed by atoms with van der Waals surface area (Å²) in [5.74, 6) is 0.722. The fourth-order valence-corrected chi connectivity index (χ4v) is 4.62. The van der Waals surface area contributed by atoms with Crippen LogP contribution < -0.4 is 10.0 Å². The zero-order valence-electron chi connectivity index (χ0n) is 17.5. The average Bonchev–Trinajstić information content (AvgIpc) is 2.85. The van der Waals surface area contributed by atoms with Crippen LogP contribution >= 0.6 is 0 Å². The van der Waals surface area contributed by atoms with Gasteiger partial charge in [0.1, 0.15) is 12.1 Å². The molecule has 0 aliphatic heterocycles. The highest BCUT2D eigenvalue weighted by atomic mass is 32.2. The number of hydrogen-bond acceptors (Lipinski definition) is 5. The van der Waals surface area contributed by atoms with E-state index in [2.05, 4.69) is 20.0 Å². The van der Waals surface area contributed by atoms with Crippen LogP contribution in [0.3, 0.4) is 0 Å². The number of nitrogens with one attached hydrogen (secondary N) is 2. The Morgan fingerprint density at radius 3 is 2.03 bits per heavy atom. The molecule has 0 bridgehead atoms. The van der Waals surface area contributed by atoms with E-state index >= 15 is 0 Å². The molecule has 33 heavy (non-hydrogen) atoms. The number of rotatable bonds is 6. The first-order chi connectivity index (χ1) is 16.1. The molecule has 0 fully saturated rings. The van der Waals surface area contributed by atoms with E-state index in [1.54, 1.807) is 48.8 Å². The largest absolute Gasteiger partial charge is 0.340 e. The summed E-state index contributed by atoms with van der Waals surface area (Å²) in [6, 6.07) is 31.4. The Morgan fingerprint density at radius 1 is 0.636 bits per heavy atom. The van der Waals surface area contributed by atoms with Crippen molar-refractivity contribution in [2.75, 3.05) is 10.0 Å². The molecule has 0 amide bonds. The molecule has 0 aliphatic carbocycles. The van der Waals surface area contributed by atoms with E-state index in [4.69, 9.17) is 0 Å². The third-order valence-corrected chi connectivity index (χ3v) is 6.59. The third-order valence-electron chi connectivity index (χ3n) is 5.20. The predicted molar refractivity (Wildman–Crippen MR) is 132 cm³/mol. The van der Waals surface area contributed by atoms with Gasteiger partial charge in [0, 0.05) is 16.8 Å². The van der Waals surface area contributed by atoms with E-state index < -0.39 is 10.0 Å². The molecule has 2 N–H and O–H groups in total. The minimum Gasteiger partial charge on any atom is -0.340 e. The first-order valence-corrected chi connectivity index (χ1v) is 11.8. The van der Waals surface area contributed by atoms with Gasteiger partial charge in [0.25, 0.3) is 10.0 Å². The molecular weight excluding hydrogens is 432 g/mol. The van der Waals surface area contributed by atoms with Crippen LogP contribution in [0.2, 0.25) is 0 Å². The molecule has 5 aromatic rings. The smallest absolute Gasteiger partial charge is 0.261 e. The Labute approximate surface area is 192 Å². The topological polar surface area (TPSA) is 84.0 Å². The molecule has 0 saturated carbocycles. The SMILES string of the molecule is O=S(=O)(Nc1ccc(-c2ccc3ncnc(Nc4ccccc4)c3c2)cc1)c1ccccc1. The minimum absolute atomic E-state index is 0.224. The van der Waals surface area contributed by atoms with Crippen LogP contribution in [0, 0.1) is 0 Å². The lowest BCUT2D eigenvalue weighted by Gasteiger charge is -2.11. The summed E-state index contributed by atoms with van der Waals surface area (Å²) in [5, 5.41) is 4.24. The number of benzene rings is 4. The molecule has 0 radical (unpaired) electrons. The van der Waals surface area contributed by atoms with Gasteiger partial charge in [-0.1, -0.05) is 54.6 Å². The van der Waals surface area contributed by atoms with Gasteiger partial charge in [-0.3, -0.25) is 4.72 Å². The fraction of sp³-hybridized carbons (Fsp3) is 0. The molecule has 5 rings (SSSR count). The molecule has 0 unspecified atom stereocenters. The molecule has 6 nitrogen and oxygen atoms in total. The van der Waals surface area contributed by atoms with Crippen molar-refractivity contribution >= 4 is 38.1 Å². The van der Waals surface area contributed by atoms with Crippen molar-refractivity contribution in [1.82, 2.24) is 9.97 Å². The summed E-state index contributed by atoms with van der Waals surface area (Å²) in [7, 11) is -3.63. The van der Waals surface area contributed by atoms with Gasteiger partial charge in [0.15, 0.2) is 0 Å². The second-order valence-electron chi connectivity index (χ2n) is 7.44. The van der Waals surface area contributed by atoms with E-state index in [9.17, 15) is 8.42 Å². The van der Waals surface area contributed by atoms with Crippen LogP contribution in [0.4, 0.5) is 17.2 Å². The standard InChI is InChI=1S/C26H20N4O2S/c31-33(32,23-9-5-2-6-10-23)30-22-14-11-19(12-15-22)20-13-16-25-24(17-20)26(28-18-27-25)29-21-7-3-1-4-8-21/h1-18,30H,(H,27,28,29). The summed E-state index contributed by atoms with van der Waals surface area (Å²) in [6.07, 6.45) is 1.54. The molecule has 0 spiro atoms. The van der Waals surface area contributed by atoms with Gasteiger partial charge in [0.05, 0.1) is 10.4 Å². The van der Waals surface area contributed by atoms with E-state index in [1.807, 2.05) is 60.7 Å². The van der Waals surface area contributed by atoms with Gasteiger partial charge in [-0.2, -0.15) is 0 Å². The highest BCUT2D eigenvalue weighted by molar-refractivity contribution is 7.92. The highest BCUT2D eigenvalue weighted by Crippen LogP contribution is 2.29. The quantitative estimate of drug-likeness (QED) is 0.338. The van der Waals surface area contributed by atoms with Crippen molar-refractivity contribution in [3.8, 4) is 11.1 Å². The molecule has 0 aliphatic rings. The van der Waals surface area contributed by atoms with Gasteiger partial charge < -0.3 is 5.32 Å². The zero-order chi connectivity index (χ0) is 22.7. The van der Waals surface area contributed by atoms with E-state index in [0.29, 0.717) is 5.69 Å².